The Morgan fingerprint density at radius 3 is 2.59 bits per heavy atom. The van der Waals surface area contributed by atoms with E-state index in [-0.39, 0.29) is 19.2 Å². The summed E-state index contributed by atoms with van der Waals surface area (Å²) in [7, 11) is 0. The SMILES string of the molecule is CCOC(=O)NCC(O)CCOc1ccc(C2c3[nH]c4ccc(Cl)cc4c3CCN2COc2ccc(C)cc2)cc1. The second-order valence-electron chi connectivity index (χ2n) is 10.2. The van der Waals surface area contributed by atoms with E-state index in [1.54, 1.807) is 6.92 Å². The molecule has 0 saturated heterocycles. The summed E-state index contributed by atoms with van der Waals surface area (Å²) in [5.74, 6) is 1.55. The van der Waals surface area contributed by atoms with Crippen molar-refractivity contribution >= 4 is 28.6 Å². The van der Waals surface area contributed by atoms with Gasteiger partial charge in [0.05, 0.1) is 25.4 Å². The third-order valence-electron chi connectivity index (χ3n) is 7.28. The Bertz CT molecular complexity index is 1450. The number of H-pyrrole nitrogens is 1. The van der Waals surface area contributed by atoms with Crippen molar-refractivity contribution in [1.29, 1.82) is 0 Å². The summed E-state index contributed by atoms with van der Waals surface area (Å²) in [4.78, 5) is 17.4. The molecule has 0 saturated carbocycles. The van der Waals surface area contributed by atoms with E-state index in [1.807, 2.05) is 42.5 Å². The van der Waals surface area contributed by atoms with Gasteiger partial charge in [0, 0.05) is 41.1 Å². The first kappa shape index (κ1) is 28.8. The van der Waals surface area contributed by atoms with Gasteiger partial charge in [-0.15, -0.1) is 0 Å². The lowest BCUT2D eigenvalue weighted by Gasteiger charge is -2.35. The van der Waals surface area contributed by atoms with Crippen molar-refractivity contribution in [3.8, 4) is 11.5 Å². The summed E-state index contributed by atoms with van der Waals surface area (Å²) in [6.45, 7) is 5.79. The van der Waals surface area contributed by atoms with Crippen LogP contribution < -0.4 is 14.8 Å². The van der Waals surface area contributed by atoms with Gasteiger partial charge >= 0.3 is 6.09 Å². The predicted octanol–water partition coefficient (Wildman–Crippen LogP) is 5.99. The first-order chi connectivity index (χ1) is 19.9. The molecule has 0 radical (unpaired) electrons. The Morgan fingerprint density at radius 1 is 1.10 bits per heavy atom. The van der Waals surface area contributed by atoms with Crippen LogP contribution in [0.5, 0.6) is 11.5 Å². The number of aromatic amines is 1. The summed E-state index contributed by atoms with van der Waals surface area (Å²) in [5, 5.41) is 14.5. The van der Waals surface area contributed by atoms with Crippen molar-refractivity contribution in [2.75, 3.05) is 33.0 Å². The van der Waals surface area contributed by atoms with Gasteiger partial charge in [-0.3, -0.25) is 4.90 Å². The van der Waals surface area contributed by atoms with Crippen molar-refractivity contribution in [2.24, 2.45) is 0 Å². The number of aliphatic hydroxyl groups excluding tert-OH is 1. The number of hydrogen-bond acceptors (Lipinski definition) is 6. The van der Waals surface area contributed by atoms with Crippen molar-refractivity contribution in [3.63, 3.8) is 0 Å². The van der Waals surface area contributed by atoms with Crippen LogP contribution in [0.4, 0.5) is 4.79 Å². The summed E-state index contributed by atoms with van der Waals surface area (Å²) in [5.41, 5.74) is 5.81. The maximum atomic E-state index is 11.4. The average molecular weight is 578 g/mol. The van der Waals surface area contributed by atoms with Crippen LogP contribution >= 0.6 is 11.6 Å². The van der Waals surface area contributed by atoms with E-state index < -0.39 is 12.2 Å². The van der Waals surface area contributed by atoms with Gasteiger partial charge < -0.3 is 29.6 Å². The van der Waals surface area contributed by atoms with E-state index in [2.05, 4.69) is 46.4 Å². The van der Waals surface area contributed by atoms with Gasteiger partial charge in [0.1, 0.15) is 18.2 Å². The smallest absolute Gasteiger partial charge is 0.407 e. The zero-order valence-electron chi connectivity index (χ0n) is 23.4. The van der Waals surface area contributed by atoms with Gasteiger partial charge in [-0.05, 0) is 73.9 Å². The highest BCUT2D eigenvalue weighted by atomic mass is 35.5. The molecule has 216 valence electrons. The lowest BCUT2D eigenvalue weighted by atomic mass is 9.93. The number of amides is 1. The monoisotopic (exact) mass is 577 g/mol. The van der Waals surface area contributed by atoms with Gasteiger partial charge in [-0.1, -0.05) is 41.4 Å². The van der Waals surface area contributed by atoms with Crippen LogP contribution in [0.2, 0.25) is 5.02 Å². The van der Waals surface area contributed by atoms with Crippen molar-refractivity contribution in [1.82, 2.24) is 15.2 Å². The van der Waals surface area contributed by atoms with Crippen LogP contribution in [0.1, 0.15) is 41.8 Å². The van der Waals surface area contributed by atoms with Crippen LogP contribution in [0.25, 0.3) is 10.9 Å². The van der Waals surface area contributed by atoms with Gasteiger partial charge in [0.2, 0.25) is 0 Å². The summed E-state index contributed by atoms with van der Waals surface area (Å²) < 4.78 is 16.9. The molecule has 9 heteroatoms. The fourth-order valence-electron chi connectivity index (χ4n) is 5.16. The van der Waals surface area contributed by atoms with Crippen LogP contribution in [-0.2, 0) is 11.2 Å². The zero-order chi connectivity index (χ0) is 28.8. The highest BCUT2D eigenvalue weighted by molar-refractivity contribution is 6.31. The molecule has 3 aromatic carbocycles. The quantitative estimate of drug-likeness (QED) is 0.203. The summed E-state index contributed by atoms with van der Waals surface area (Å²) in [6, 6.07) is 22.1. The van der Waals surface area contributed by atoms with Crippen molar-refractivity contribution < 1.29 is 24.1 Å². The molecule has 0 spiro atoms. The van der Waals surface area contributed by atoms with E-state index in [1.165, 1.54) is 11.1 Å². The molecule has 2 unspecified atom stereocenters. The van der Waals surface area contributed by atoms with Crippen molar-refractivity contribution in [3.05, 3.63) is 94.1 Å². The van der Waals surface area contributed by atoms with E-state index >= 15 is 0 Å². The lowest BCUT2D eigenvalue weighted by molar-refractivity contribution is 0.0909. The second kappa shape index (κ2) is 13.3. The highest BCUT2D eigenvalue weighted by Gasteiger charge is 2.32. The Kier molecular flexibility index (Phi) is 9.34. The van der Waals surface area contributed by atoms with E-state index in [4.69, 9.17) is 25.8 Å². The molecule has 0 bridgehead atoms. The first-order valence-electron chi connectivity index (χ1n) is 14.0. The number of aliphatic hydroxyl groups is 1. The first-order valence-corrected chi connectivity index (χ1v) is 14.3. The number of halogens is 1. The minimum absolute atomic E-state index is 0.0415. The molecular weight excluding hydrogens is 542 g/mol. The molecule has 5 rings (SSSR count). The van der Waals surface area contributed by atoms with Crippen LogP contribution in [0.3, 0.4) is 0 Å². The number of nitrogens with zero attached hydrogens (tertiary/aromatic N) is 1. The summed E-state index contributed by atoms with van der Waals surface area (Å²) >= 11 is 6.35. The number of aromatic nitrogens is 1. The number of alkyl carbamates (subject to hydrolysis) is 1. The molecule has 2 heterocycles. The molecule has 1 aromatic heterocycles. The summed E-state index contributed by atoms with van der Waals surface area (Å²) in [6.07, 6.45) is 0.00194. The molecule has 41 heavy (non-hydrogen) atoms. The van der Waals surface area contributed by atoms with E-state index in [9.17, 15) is 9.90 Å². The number of benzene rings is 3. The zero-order valence-corrected chi connectivity index (χ0v) is 24.1. The van der Waals surface area contributed by atoms with Gasteiger partial charge in [0.25, 0.3) is 0 Å². The maximum absolute atomic E-state index is 11.4. The third-order valence-corrected chi connectivity index (χ3v) is 7.52. The number of aryl methyl sites for hydroxylation is 1. The molecule has 3 N–H and O–H groups in total. The number of nitrogens with one attached hydrogen (secondary N) is 2. The maximum Gasteiger partial charge on any atom is 0.407 e. The van der Waals surface area contributed by atoms with Gasteiger partial charge in [-0.2, -0.15) is 0 Å². The third kappa shape index (κ3) is 7.14. The minimum Gasteiger partial charge on any atom is -0.493 e. The van der Waals surface area contributed by atoms with E-state index in [0.29, 0.717) is 25.5 Å². The number of hydrogen-bond donors (Lipinski definition) is 3. The molecule has 1 amide bonds. The molecule has 0 fully saturated rings. The van der Waals surface area contributed by atoms with Crippen LogP contribution in [0, 0.1) is 6.92 Å². The number of rotatable bonds is 11. The number of fused-ring (bicyclic) bond motifs is 3. The molecule has 1 aliphatic rings. The number of carbonyl (C=O) groups is 1. The minimum atomic E-state index is -0.725. The van der Waals surface area contributed by atoms with E-state index in [0.717, 1.165) is 45.9 Å². The molecular formula is C32H36ClN3O5. The normalized spacial score (nSPS) is 15.8. The largest absolute Gasteiger partial charge is 0.493 e. The Balaban J connectivity index is 1.29. The number of ether oxygens (including phenoxy) is 3. The van der Waals surface area contributed by atoms with Gasteiger partial charge in [0.15, 0.2) is 0 Å². The average Bonchev–Trinajstić information content (AvgIpc) is 3.34. The molecule has 4 aromatic rings. The highest BCUT2D eigenvalue weighted by Crippen LogP contribution is 2.39. The Morgan fingerprint density at radius 2 is 1.83 bits per heavy atom. The molecule has 2 atom stereocenters. The lowest BCUT2D eigenvalue weighted by Crippen LogP contribution is -2.38. The van der Waals surface area contributed by atoms with Crippen molar-refractivity contribution in [2.45, 2.75) is 38.8 Å². The fourth-order valence-corrected chi connectivity index (χ4v) is 5.34. The second-order valence-corrected chi connectivity index (χ2v) is 10.7. The standard InChI is InChI=1S/C32H36ClN3O5/c1-3-39-32(38)34-19-24(37)15-17-40-25-11-6-22(7-12-25)31-30-27(28-18-23(33)8-13-29(28)35-30)14-16-36(31)20-41-26-9-4-21(2)5-10-26/h4-13,18,24,31,35,37H,3,14-17,19-20H2,1-2H3,(H,34,38). The molecule has 0 aliphatic carbocycles. The Hall–Kier alpha value is -3.72. The Labute approximate surface area is 245 Å². The van der Waals surface area contributed by atoms with Gasteiger partial charge in [-0.25, -0.2) is 4.79 Å². The fraction of sp³-hybridized carbons (Fsp3) is 0.344. The predicted molar refractivity (Wildman–Crippen MR) is 160 cm³/mol. The molecule has 1 aliphatic heterocycles. The molecule has 8 nitrogen and oxygen atoms in total. The van der Waals surface area contributed by atoms with Crippen LogP contribution in [0.15, 0.2) is 66.7 Å². The number of carbonyl (C=O) groups excluding carboxylic acids is 1. The topological polar surface area (TPSA) is 96.1 Å². The van der Waals surface area contributed by atoms with Crippen LogP contribution in [-0.4, -0.2) is 60.2 Å².